The van der Waals surface area contributed by atoms with E-state index >= 15 is 0 Å². The first-order valence-corrected chi connectivity index (χ1v) is 14.5. The number of hydrogen-bond acceptors (Lipinski definition) is 13. The number of phenolic OH excluding ortho intramolecular Hbond substituents is 3. The summed E-state index contributed by atoms with van der Waals surface area (Å²) in [4.78, 5) is 46.7. The number of ketones is 1. The molecule has 3 aliphatic rings. The van der Waals surface area contributed by atoms with Crippen LogP contribution in [0.1, 0.15) is 58.9 Å². The Bertz CT molecular complexity index is 2080. The fourth-order valence-electron chi connectivity index (χ4n) is 5.97. The van der Waals surface area contributed by atoms with Crippen molar-refractivity contribution in [2.45, 2.75) is 32.8 Å². The maximum absolute atomic E-state index is 12.6. The van der Waals surface area contributed by atoms with E-state index in [1.54, 1.807) is 0 Å². The predicted molar refractivity (Wildman–Crippen MR) is 169 cm³/mol. The Balaban J connectivity index is 0.000000194. The summed E-state index contributed by atoms with van der Waals surface area (Å²) in [5, 5.41) is 69.5. The number of esters is 1. The number of aromatic carboxylic acids is 1. The number of aldehydes is 1. The second-order valence-corrected chi connectivity index (χ2v) is 11.5. The van der Waals surface area contributed by atoms with Gasteiger partial charge in [-0.05, 0) is 79.4 Å². The standard InChI is InChI=1S/C19H18O8.C16H12O6/c1-8-5-13(26-4)11(7-20)17(22)14(8)19(25)27-12-6-9(2)16(21)15(10(12)3)18(23)24;17-10-2-1-8-13-9-4-12(19)11(18)3-7(9)5-16(13,21)6-22-15(8)14(10)20/h5-7,21-22H,1-4H3,(H,23,24);1-4,18-21H,5-6H2. The number of aliphatic hydroxyl groups is 2. The van der Waals surface area contributed by atoms with E-state index in [1.807, 2.05) is 0 Å². The number of carboxylic acid groups (broad SMARTS) is 1. The van der Waals surface area contributed by atoms with Crippen molar-refractivity contribution in [3.8, 4) is 34.5 Å². The maximum atomic E-state index is 12.6. The number of phenols is 4. The number of methoxy groups -OCH3 is 1. The largest absolute Gasteiger partial charge is 0.507 e. The third kappa shape index (κ3) is 5.67. The molecule has 14 heteroatoms. The minimum absolute atomic E-state index is 0.0348. The fraction of sp³-hybridized carbons (Fsp3) is 0.200. The summed E-state index contributed by atoms with van der Waals surface area (Å²) in [7, 11) is 1.31. The lowest BCUT2D eigenvalue weighted by molar-refractivity contribution is -0.114. The van der Waals surface area contributed by atoms with Crippen LogP contribution in [0.25, 0.3) is 5.57 Å². The molecule has 0 spiro atoms. The molecule has 14 nitrogen and oxygen atoms in total. The van der Waals surface area contributed by atoms with Gasteiger partial charge in [-0.25, -0.2) is 9.59 Å². The average molecular weight is 675 g/mol. The van der Waals surface area contributed by atoms with E-state index in [-0.39, 0.29) is 69.6 Å². The molecule has 0 aromatic heterocycles. The van der Waals surface area contributed by atoms with Gasteiger partial charge in [-0.1, -0.05) is 0 Å². The van der Waals surface area contributed by atoms with Crippen molar-refractivity contribution in [2.75, 3.05) is 13.7 Å². The van der Waals surface area contributed by atoms with Crippen LogP contribution in [0.3, 0.4) is 0 Å². The predicted octanol–water partition coefficient (Wildman–Crippen LogP) is 3.84. The van der Waals surface area contributed by atoms with Crippen LogP contribution in [0, 0.1) is 20.8 Å². The number of benzene rings is 3. The fourth-order valence-corrected chi connectivity index (χ4v) is 5.97. The van der Waals surface area contributed by atoms with E-state index in [2.05, 4.69) is 0 Å². The molecule has 0 amide bonds. The second kappa shape index (κ2) is 12.4. The summed E-state index contributed by atoms with van der Waals surface area (Å²) >= 11 is 0. The summed E-state index contributed by atoms with van der Waals surface area (Å²) in [5.74, 6) is -4.96. The minimum atomic E-state index is -1.38. The maximum Gasteiger partial charge on any atom is 0.347 e. The number of ether oxygens (including phenoxy) is 3. The Labute approximate surface area is 277 Å². The molecule has 254 valence electrons. The van der Waals surface area contributed by atoms with Gasteiger partial charge in [-0.2, -0.15) is 0 Å². The molecule has 3 aromatic rings. The van der Waals surface area contributed by atoms with Gasteiger partial charge in [0, 0.05) is 23.1 Å². The first kappa shape index (κ1) is 34.1. The van der Waals surface area contributed by atoms with E-state index in [9.17, 15) is 54.9 Å². The molecule has 1 aliphatic heterocycles. The Morgan fingerprint density at radius 1 is 0.898 bits per heavy atom. The van der Waals surface area contributed by atoms with Crippen molar-refractivity contribution < 1.29 is 69.1 Å². The van der Waals surface area contributed by atoms with Crippen molar-refractivity contribution in [3.63, 3.8) is 0 Å². The number of carboxylic acids is 1. The van der Waals surface area contributed by atoms with Crippen LogP contribution >= 0.6 is 0 Å². The first-order chi connectivity index (χ1) is 23.0. The number of carbonyl (C=O) groups excluding carboxylic acids is 3. The highest BCUT2D eigenvalue weighted by molar-refractivity contribution is 6.06. The van der Waals surface area contributed by atoms with E-state index in [0.717, 1.165) is 0 Å². The average Bonchev–Trinajstić information content (AvgIpc) is 3.32. The third-order valence-corrected chi connectivity index (χ3v) is 8.40. The number of rotatable bonds is 5. The zero-order chi connectivity index (χ0) is 36.1. The summed E-state index contributed by atoms with van der Waals surface area (Å²) in [6.07, 6.45) is 3.25. The molecular weight excluding hydrogens is 644 g/mol. The molecule has 2 aliphatic carbocycles. The van der Waals surface area contributed by atoms with E-state index in [0.29, 0.717) is 34.1 Å². The number of fused-ring (bicyclic) bond motifs is 4. The quantitative estimate of drug-likeness (QED) is 0.0881. The second-order valence-electron chi connectivity index (χ2n) is 11.5. The lowest BCUT2D eigenvalue weighted by Gasteiger charge is -2.33. The van der Waals surface area contributed by atoms with Gasteiger partial charge in [0.2, 0.25) is 11.5 Å². The summed E-state index contributed by atoms with van der Waals surface area (Å²) in [6.45, 7) is 4.23. The van der Waals surface area contributed by atoms with Crippen molar-refractivity contribution >= 4 is 29.6 Å². The monoisotopic (exact) mass is 674 g/mol. The molecule has 6 rings (SSSR count). The van der Waals surface area contributed by atoms with Crippen molar-refractivity contribution in [3.05, 3.63) is 98.0 Å². The van der Waals surface area contributed by atoms with Crippen LogP contribution in [0.15, 0.2) is 53.5 Å². The van der Waals surface area contributed by atoms with Gasteiger partial charge in [-0.3, -0.25) is 9.59 Å². The molecule has 1 unspecified atom stereocenters. The number of aromatic hydroxyl groups is 4. The van der Waals surface area contributed by atoms with E-state index < -0.39 is 40.6 Å². The Morgan fingerprint density at radius 2 is 1.55 bits per heavy atom. The number of aryl methyl sites for hydroxylation is 2. The molecule has 0 saturated carbocycles. The van der Waals surface area contributed by atoms with E-state index in [1.165, 1.54) is 64.3 Å². The Hall–Kier alpha value is -6.28. The van der Waals surface area contributed by atoms with Crippen molar-refractivity contribution in [1.29, 1.82) is 0 Å². The topological polar surface area (TPSA) is 238 Å². The van der Waals surface area contributed by atoms with Crippen molar-refractivity contribution in [2.24, 2.45) is 0 Å². The molecule has 49 heavy (non-hydrogen) atoms. The normalized spacial score (nSPS) is 17.3. The molecule has 0 saturated heterocycles. The van der Waals surface area contributed by atoms with Gasteiger partial charge in [-0.15, -0.1) is 0 Å². The Morgan fingerprint density at radius 3 is 2.18 bits per heavy atom. The van der Waals surface area contributed by atoms with Crippen LogP contribution < -0.4 is 9.47 Å². The van der Waals surface area contributed by atoms with Gasteiger partial charge >= 0.3 is 11.9 Å². The molecular formula is C35H30O14. The lowest BCUT2D eigenvalue weighted by Crippen LogP contribution is -2.39. The van der Waals surface area contributed by atoms with Crippen LogP contribution in [0.4, 0.5) is 0 Å². The van der Waals surface area contributed by atoms with Crippen LogP contribution in [-0.4, -0.2) is 79.1 Å². The summed E-state index contributed by atoms with van der Waals surface area (Å²) in [5.41, 5.74) is 0.491. The first-order valence-electron chi connectivity index (χ1n) is 14.5. The minimum Gasteiger partial charge on any atom is -0.507 e. The van der Waals surface area contributed by atoms with Gasteiger partial charge in [0.25, 0.3) is 0 Å². The van der Waals surface area contributed by atoms with Crippen LogP contribution in [0.2, 0.25) is 0 Å². The highest BCUT2D eigenvalue weighted by Crippen LogP contribution is 2.50. The van der Waals surface area contributed by atoms with Gasteiger partial charge < -0.3 is 50.0 Å². The van der Waals surface area contributed by atoms with E-state index in [4.69, 9.17) is 14.2 Å². The number of hydrogen-bond donors (Lipinski definition) is 7. The molecule has 1 atom stereocenters. The number of aliphatic hydroxyl groups excluding tert-OH is 1. The molecule has 0 radical (unpaired) electrons. The highest BCUT2D eigenvalue weighted by Gasteiger charge is 2.48. The van der Waals surface area contributed by atoms with Crippen LogP contribution in [0.5, 0.6) is 34.5 Å². The van der Waals surface area contributed by atoms with Crippen molar-refractivity contribution in [1.82, 2.24) is 0 Å². The third-order valence-electron chi connectivity index (χ3n) is 8.40. The van der Waals surface area contributed by atoms with Gasteiger partial charge in [0.1, 0.15) is 46.3 Å². The number of allylic oxidation sites excluding steroid dienone is 2. The molecule has 3 aromatic carbocycles. The molecule has 0 fully saturated rings. The Kier molecular flexibility index (Phi) is 8.61. The number of carbonyl (C=O) groups is 4. The highest BCUT2D eigenvalue weighted by atomic mass is 16.5. The lowest BCUT2D eigenvalue weighted by atomic mass is 9.85. The van der Waals surface area contributed by atoms with Gasteiger partial charge in [0.05, 0.1) is 12.7 Å². The van der Waals surface area contributed by atoms with Crippen LogP contribution in [-0.2, 0) is 16.0 Å². The molecule has 0 bridgehead atoms. The summed E-state index contributed by atoms with van der Waals surface area (Å²) in [6, 6.07) is 5.48. The smallest absolute Gasteiger partial charge is 0.347 e. The van der Waals surface area contributed by atoms with Gasteiger partial charge in [0.15, 0.2) is 23.5 Å². The molecule has 7 N–H and O–H groups in total. The summed E-state index contributed by atoms with van der Waals surface area (Å²) < 4.78 is 15.7. The molecule has 1 heterocycles. The zero-order valence-corrected chi connectivity index (χ0v) is 26.4. The zero-order valence-electron chi connectivity index (χ0n) is 26.4. The SMILES string of the molecule is COc1cc(C)c(C(=O)Oc2cc(C)c(O)c(C(=O)O)c2C)c(O)c1C=O.O=C1C=CC2=C3c4cc(O)c(O)cc4CC3(O)COC2=C1O.